The Morgan fingerprint density at radius 2 is 2.00 bits per heavy atom. The number of nitrogens with zero attached hydrogens (tertiary/aromatic N) is 1. The monoisotopic (exact) mass is 299 g/mol. The summed E-state index contributed by atoms with van der Waals surface area (Å²) in [5.41, 5.74) is 6.18. The third-order valence-electron chi connectivity index (χ3n) is 2.07. The fourth-order valence-electron chi connectivity index (χ4n) is 1.28. The SMILES string of the molecule is Nc1cc(Br)cnc1Nc1ccc(F)cc1F. The van der Waals surface area contributed by atoms with Crippen LogP contribution < -0.4 is 11.1 Å². The minimum Gasteiger partial charge on any atom is -0.396 e. The van der Waals surface area contributed by atoms with Gasteiger partial charge < -0.3 is 11.1 Å². The lowest BCUT2D eigenvalue weighted by molar-refractivity contribution is 0.586. The first-order chi connectivity index (χ1) is 8.06. The van der Waals surface area contributed by atoms with E-state index in [1.807, 2.05) is 0 Å². The van der Waals surface area contributed by atoms with Crippen molar-refractivity contribution in [2.24, 2.45) is 0 Å². The van der Waals surface area contributed by atoms with Gasteiger partial charge in [-0.1, -0.05) is 0 Å². The summed E-state index contributed by atoms with van der Waals surface area (Å²) in [6.07, 6.45) is 1.53. The Morgan fingerprint density at radius 1 is 1.24 bits per heavy atom. The topological polar surface area (TPSA) is 50.9 Å². The van der Waals surface area contributed by atoms with Gasteiger partial charge in [0.25, 0.3) is 0 Å². The highest BCUT2D eigenvalue weighted by molar-refractivity contribution is 9.10. The van der Waals surface area contributed by atoms with Crippen LogP contribution in [0.1, 0.15) is 0 Å². The zero-order valence-electron chi connectivity index (χ0n) is 8.55. The Morgan fingerprint density at radius 3 is 2.65 bits per heavy atom. The van der Waals surface area contributed by atoms with E-state index in [1.54, 1.807) is 6.07 Å². The third kappa shape index (κ3) is 2.71. The molecule has 2 aromatic rings. The Labute approximate surface area is 105 Å². The lowest BCUT2D eigenvalue weighted by atomic mass is 10.3. The van der Waals surface area contributed by atoms with Crippen LogP contribution in [0.25, 0.3) is 0 Å². The maximum atomic E-state index is 13.4. The van der Waals surface area contributed by atoms with Crippen LogP contribution in [-0.2, 0) is 0 Å². The Kier molecular flexibility index (Phi) is 3.23. The summed E-state index contributed by atoms with van der Waals surface area (Å²) in [6.45, 7) is 0. The molecule has 3 nitrogen and oxygen atoms in total. The number of hydrogen-bond acceptors (Lipinski definition) is 3. The van der Waals surface area contributed by atoms with E-state index in [0.717, 1.165) is 16.6 Å². The molecule has 1 aromatic carbocycles. The predicted molar refractivity (Wildman–Crippen MR) is 66.0 cm³/mol. The van der Waals surface area contributed by atoms with E-state index in [9.17, 15) is 8.78 Å². The molecule has 0 aliphatic carbocycles. The molecular weight excluding hydrogens is 292 g/mol. The summed E-state index contributed by atoms with van der Waals surface area (Å²) in [6, 6.07) is 4.86. The van der Waals surface area contributed by atoms with E-state index in [1.165, 1.54) is 12.3 Å². The Bertz CT molecular complexity index is 511. The van der Waals surface area contributed by atoms with Crippen molar-refractivity contribution in [2.45, 2.75) is 0 Å². The zero-order valence-corrected chi connectivity index (χ0v) is 10.1. The number of halogens is 3. The number of rotatable bonds is 2. The molecule has 17 heavy (non-hydrogen) atoms. The first-order valence-corrected chi connectivity index (χ1v) is 5.48. The van der Waals surface area contributed by atoms with Crippen LogP contribution in [0.5, 0.6) is 0 Å². The number of nitrogens with two attached hydrogens (primary N) is 1. The minimum absolute atomic E-state index is 0.118. The molecule has 2 rings (SSSR count). The molecule has 0 amide bonds. The summed E-state index contributed by atoms with van der Waals surface area (Å²) < 4.78 is 26.8. The van der Waals surface area contributed by atoms with Gasteiger partial charge in [-0.3, -0.25) is 0 Å². The number of benzene rings is 1. The van der Waals surface area contributed by atoms with Gasteiger partial charge in [-0.15, -0.1) is 0 Å². The Hall–Kier alpha value is -1.69. The molecule has 0 aliphatic heterocycles. The summed E-state index contributed by atoms with van der Waals surface area (Å²) in [5, 5.41) is 2.70. The highest BCUT2D eigenvalue weighted by Gasteiger charge is 2.07. The van der Waals surface area contributed by atoms with Crippen LogP contribution in [0, 0.1) is 11.6 Å². The van der Waals surface area contributed by atoms with Crippen molar-refractivity contribution < 1.29 is 8.78 Å². The first-order valence-electron chi connectivity index (χ1n) is 4.69. The van der Waals surface area contributed by atoms with E-state index in [2.05, 4.69) is 26.2 Å². The highest BCUT2D eigenvalue weighted by atomic mass is 79.9. The maximum Gasteiger partial charge on any atom is 0.153 e. The van der Waals surface area contributed by atoms with E-state index in [0.29, 0.717) is 11.5 Å². The van der Waals surface area contributed by atoms with Crippen LogP contribution in [-0.4, -0.2) is 4.98 Å². The fourth-order valence-corrected chi connectivity index (χ4v) is 1.63. The summed E-state index contributed by atoms with van der Waals surface area (Å²) >= 11 is 3.21. The molecule has 0 unspecified atom stereocenters. The number of pyridine rings is 1. The van der Waals surface area contributed by atoms with Crippen LogP contribution in [0.3, 0.4) is 0 Å². The minimum atomic E-state index is -0.700. The third-order valence-corrected chi connectivity index (χ3v) is 2.50. The first kappa shape index (κ1) is 11.8. The Balaban J connectivity index is 2.31. The average Bonchev–Trinajstić information content (AvgIpc) is 2.25. The van der Waals surface area contributed by atoms with Gasteiger partial charge in [-0.25, -0.2) is 13.8 Å². The van der Waals surface area contributed by atoms with E-state index in [4.69, 9.17) is 5.73 Å². The summed E-state index contributed by atoms with van der Waals surface area (Å²) in [7, 11) is 0. The van der Waals surface area contributed by atoms with Gasteiger partial charge in [0.15, 0.2) is 5.82 Å². The fraction of sp³-hybridized carbons (Fsp3) is 0. The molecule has 0 radical (unpaired) electrons. The maximum absolute atomic E-state index is 13.4. The van der Waals surface area contributed by atoms with Gasteiger partial charge in [0.05, 0.1) is 11.4 Å². The molecule has 1 aromatic heterocycles. The van der Waals surface area contributed by atoms with Crippen LogP contribution in [0.4, 0.5) is 26.0 Å². The van der Waals surface area contributed by atoms with Crippen molar-refractivity contribution in [1.29, 1.82) is 0 Å². The molecule has 0 atom stereocenters. The number of nitrogen functional groups attached to an aromatic ring is 1. The summed E-state index contributed by atoms with van der Waals surface area (Å²) in [5.74, 6) is -1.02. The number of anilines is 3. The van der Waals surface area contributed by atoms with Gasteiger partial charge in [0.1, 0.15) is 11.6 Å². The van der Waals surface area contributed by atoms with Crippen molar-refractivity contribution in [3.05, 3.63) is 46.6 Å². The van der Waals surface area contributed by atoms with Crippen LogP contribution >= 0.6 is 15.9 Å². The molecule has 6 heteroatoms. The largest absolute Gasteiger partial charge is 0.396 e. The van der Waals surface area contributed by atoms with Crippen LogP contribution in [0.15, 0.2) is 34.9 Å². The van der Waals surface area contributed by atoms with Gasteiger partial charge in [-0.2, -0.15) is 0 Å². The normalized spacial score (nSPS) is 10.3. The van der Waals surface area contributed by atoms with Gasteiger partial charge in [-0.05, 0) is 34.1 Å². The van der Waals surface area contributed by atoms with Crippen LogP contribution in [0.2, 0.25) is 0 Å². The second-order valence-electron chi connectivity index (χ2n) is 3.34. The van der Waals surface area contributed by atoms with E-state index in [-0.39, 0.29) is 5.69 Å². The predicted octanol–water partition coefficient (Wildman–Crippen LogP) is 3.45. The number of aromatic nitrogens is 1. The molecule has 0 fully saturated rings. The van der Waals surface area contributed by atoms with Gasteiger partial charge >= 0.3 is 0 Å². The van der Waals surface area contributed by atoms with Crippen molar-refractivity contribution in [1.82, 2.24) is 4.98 Å². The van der Waals surface area contributed by atoms with Gasteiger partial charge in [0, 0.05) is 16.7 Å². The molecule has 3 N–H and O–H groups in total. The standard InChI is InChI=1S/C11H8BrF2N3/c12-6-3-9(15)11(16-5-6)17-10-2-1-7(13)4-8(10)14/h1-5H,15H2,(H,16,17). The second-order valence-corrected chi connectivity index (χ2v) is 4.26. The van der Waals surface area contributed by atoms with Crippen molar-refractivity contribution >= 4 is 33.1 Å². The molecule has 0 saturated carbocycles. The molecule has 0 bridgehead atoms. The van der Waals surface area contributed by atoms with Crippen molar-refractivity contribution in [3.8, 4) is 0 Å². The lowest BCUT2D eigenvalue weighted by Gasteiger charge is -2.09. The molecule has 88 valence electrons. The molecule has 0 spiro atoms. The zero-order chi connectivity index (χ0) is 12.4. The average molecular weight is 300 g/mol. The highest BCUT2D eigenvalue weighted by Crippen LogP contribution is 2.25. The lowest BCUT2D eigenvalue weighted by Crippen LogP contribution is -2.00. The van der Waals surface area contributed by atoms with Gasteiger partial charge in [0.2, 0.25) is 0 Å². The van der Waals surface area contributed by atoms with E-state index < -0.39 is 11.6 Å². The van der Waals surface area contributed by atoms with Crippen molar-refractivity contribution in [3.63, 3.8) is 0 Å². The number of hydrogen-bond donors (Lipinski definition) is 2. The van der Waals surface area contributed by atoms with Crippen molar-refractivity contribution in [2.75, 3.05) is 11.1 Å². The second kappa shape index (κ2) is 4.67. The quantitative estimate of drug-likeness (QED) is 0.893. The smallest absolute Gasteiger partial charge is 0.153 e. The molecule has 1 heterocycles. The molecular formula is C11H8BrF2N3. The van der Waals surface area contributed by atoms with E-state index >= 15 is 0 Å². The number of nitrogens with one attached hydrogen (secondary N) is 1. The molecule has 0 saturated heterocycles. The molecule has 0 aliphatic rings. The summed E-state index contributed by atoms with van der Waals surface area (Å²) in [4.78, 5) is 3.99.